The van der Waals surface area contributed by atoms with Crippen molar-refractivity contribution in [3.8, 4) is 17.5 Å². The van der Waals surface area contributed by atoms with Gasteiger partial charge in [-0.15, -0.1) is 5.10 Å². The average Bonchev–Trinajstić information content (AvgIpc) is 3.60. The van der Waals surface area contributed by atoms with Crippen molar-refractivity contribution in [1.29, 1.82) is 0 Å². The standard InChI is InChI=1S/C25H21BrFN5O2S/c26-17-9-7-16(8-10-17)21(31-13-11-30(12-14-31)19-5-2-1-4-18(19)27)22-24(33)32-25(35-22)28-23(29-32)20-6-3-15-34-20/h1-10,15,21,33H,11-14H2. The van der Waals surface area contributed by atoms with Crippen LogP contribution in [-0.2, 0) is 0 Å². The minimum Gasteiger partial charge on any atom is -0.492 e. The van der Waals surface area contributed by atoms with Crippen molar-refractivity contribution < 1.29 is 13.9 Å². The van der Waals surface area contributed by atoms with Crippen molar-refractivity contribution in [1.82, 2.24) is 19.5 Å². The zero-order valence-electron chi connectivity index (χ0n) is 18.5. The number of anilines is 1. The molecule has 7 nitrogen and oxygen atoms in total. The molecular formula is C25H21BrFN5O2S. The van der Waals surface area contributed by atoms with Gasteiger partial charge in [0, 0.05) is 30.7 Å². The zero-order valence-corrected chi connectivity index (χ0v) is 20.9. The van der Waals surface area contributed by atoms with E-state index in [2.05, 4.69) is 47.9 Å². The normalized spacial score (nSPS) is 15.7. The van der Waals surface area contributed by atoms with Gasteiger partial charge < -0.3 is 14.4 Å². The molecule has 0 saturated carbocycles. The summed E-state index contributed by atoms with van der Waals surface area (Å²) in [5.74, 6) is 0.845. The summed E-state index contributed by atoms with van der Waals surface area (Å²) >= 11 is 4.93. The van der Waals surface area contributed by atoms with Gasteiger partial charge in [-0.1, -0.05) is 51.5 Å². The molecule has 3 aromatic heterocycles. The molecule has 1 atom stereocenters. The van der Waals surface area contributed by atoms with Crippen LogP contribution in [0.3, 0.4) is 0 Å². The van der Waals surface area contributed by atoms with Crippen molar-refractivity contribution in [3.63, 3.8) is 0 Å². The van der Waals surface area contributed by atoms with E-state index in [4.69, 9.17) is 4.42 Å². The van der Waals surface area contributed by atoms with Gasteiger partial charge in [-0.2, -0.15) is 9.50 Å². The second-order valence-electron chi connectivity index (χ2n) is 8.33. The van der Waals surface area contributed by atoms with E-state index in [-0.39, 0.29) is 17.7 Å². The van der Waals surface area contributed by atoms with Crippen molar-refractivity contribution in [2.24, 2.45) is 0 Å². The highest BCUT2D eigenvalue weighted by Gasteiger charge is 2.32. The Morgan fingerprint density at radius 2 is 1.77 bits per heavy atom. The molecule has 2 aromatic carbocycles. The SMILES string of the molecule is Oc1c(C(c2ccc(Br)cc2)N2CCN(c3ccccc3F)CC2)sc2nc(-c3ccco3)nn12. The number of piperazine rings is 1. The van der Waals surface area contributed by atoms with E-state index in [1.807, 2.05) is 24.3 Å². The number of rotatable bonds is 5. The van der Waals surface area contributed by atoms with Crippen LogP contribution in [0.1, 0.15) is 16.5 Å². The van der Waals surface area contributed by atoms with Crippen LogP contribution in [-0.4, -0.2) is 50.8 Å². The lowest BCUT2D eigenvalue weighted by atomic mass is 10.0. The molecule has 0 amide bonds. The highest BCUT2D eigenvalue weighted by Crippen LogP contribution is 2.41. The maximum absolute atomic E-state index is 14.4. The number of nitrogens with zero attached hydrogens (tertiary/aromatic N) is 5. The quantitative estimate of drug-likeness (QED) is 0.307. The lowest BCUT2D eigenvalue weighted by Gasteiger charge is -2.40. The molecule has 178 valence electrons. The summed E-state index contributed by atoms with van der Waals surface area (Å²) in [5, 5.41) is 15.7. The fourth-order valence-corrected chi connectivity index (χ4v) is 5.92. The number of furan rings is 1. The fraction of sp³-hybridized carbons (Fsp3) is 0.200. The Kier molecular flexibility index (Phi) is 5.79. The number of halogens is 2. The van der Waals surface area contributed by atoms with Crippen molar-refractivity contribution >= 4 is 37.9 Å². The van der Waals surface area contributed by atoms with Gasteiger partial charge in [0.05, 0.1) is 22.9 Å². The van der Waals surface area contributed by atoms with Gasteiger partial charge >= 0.3 is 0 Å². The van der Waals surface area contributed by atoms with Gasteiger partial charge in [-0.25, -0.2) is 4.39 Å². The molecule has 4 heterocycles. The Morgan fingerprint density at radius 3 is 2.46 bits per heavy atom. The lowest BCUT2D eigenvalue weighted by Crippen LogP contribution is -2.48. The van der Waals surface area contributed by atoms with E-state index in [0.29, 0.717) is 48.4 Å². The number of aromatic hydroxyl groups is 1. The molecule has 5 aromatic rings. The number of hydrogen-bond acceptors (Lipinski definition) is 7. The first-order valence-corrected chi connectivity index (χ1v) is 12.8. The third-order valence-corrected chi connectivity index (χ3v) is 7.85. The van der Waals surface area contributed by atoms with Gasteiger partial charge in [0.1, 0.15) is 5.82 Å². The third-order valence-electron chi connectivity index (χ3n) is 6.25. The monoisotopic (exact) mass is 553 g/mol. The molecule has 0 bridgehead atoms. The molecule has 10 heteroatoms. The number of benzene rings is 2. The smallest absolute Gasteiger partial charge is 0.230 e. The molecule has 1 aliphatic rings. The molecule has 1 aliphatic heterocycles. The summed E-state index contributed by atoms with van der Waals surface area (Å²) in [6.45, 7) is 2.77. The highest BCUT2D eigenvalue weighted by molar-refractivity contribution is 9.10. The lowest BCUT2D eigenvalue weighted by molar-refractivity contribution is 0.210. The summed E-state index contributed by atoms with van der Waals surface area (Å²) in [4.78, 5) is 10.3. The van der Waals surface area contributed by atoms with E-state index >= 15 is 0 Å². The number of aromatic nitrogens is 3. The Morgan fingerprint density at radius 1 is 1.00 bits per heavy atom. The minimum atomic E-state index is -0.207. The summed E-state index contributed by atoms with van der Waals surface area (Å²) in [7, 11) is 0. The van der Waals surface area contributed by atoms with Crippen molar-refractivity contribution in [2.75, 3.05) is 31.1 Å². The first-order chi connectivity index (χ1) is 17.1. The average molecular weight is 554 g/mol. The number of para-hydroxylation sites is 1. The molecule has 1 saturated heterocycles. The van der Waals surface area contributed by atoms with Crippen LogP contribution < -0.4 is 4.90 Å². The van der Waals surface area contributed by atoms with Crippen LogP contribution in [0.4, 0.5) is 10.1 Å². The molecule has 1 fully saturated rings. The van der Waals surface area contributed by atoms with Crippen LogP contribution in [0.2, 0.25) is 0 Å². The molecule has 1 N–H and O–H groups in total. The minimum absolute atomic E-state index is 0.0692. The molecule has 0 spiro atoms. The van der Waals surface area contributed by atoms with Crippen LogP contribution in [0, 0.1) is 5.82 Å². The van der Waals surface area contributed by atoms with Gasteiger partial charge in [0.25, 0.3) is 0 Å². The third kappa shape index (κ3) is 4.11. The largest absolute Gasteiger partial charge is 0.492 e. The molecule has 6 rings (SSSR count). The Labute approximate surface area is 213 Å². The Balaban J connectivity index is 1.34. The zero-order chi connectivity index (χ0) is 23.9. The summed E-state index contributed by atoms with van der Waals surface area (Å²) < 4.78 is 22.2. The summed E-state index contributed by atoms with van der Waals surface area (Å²) in [5.41, 5.74) is 1.68. The Hall–Kier alpha value is -3.21. The predicted octanol–water partition coefficient (Wildman–Crippen LogP) is 5.57. The van der Waals surface area contributed by atoms with Crippen molar-refractivity contribution in [2.45, 2.75) is 6.04 Å². The first-order valence-electron chi connectivity index (χ1n) is 11.2. The molecule has 35 heavy (non-hydrogen) atoms. The van der Waals surface area contributed by atoms with Crippen molar-refractivity contribution in [3.05, 3.63) is 87.7 Å². The molecule has 1 unspecified atom stereocenters. The molecule has 0 radical (unpaired) electrons. The number of hydrogen-bond donors (Lipinski definition) is 1. The van der Waals surface area contributed by atoms with Gasteiger partial charge in [0.15, 0.2) is 5.76 Å². The fourth-order valence-electron chi connectivity index (χ4n) is 4.54. The van der Waals surface area contributed by atoms with E-state index in [0.717, 1.165) is 14.9 Å². The summed E-state index contributed by atoms with van der Waals surface area (Å²) in [6, 6.07) is 18.4. The van der Waals surface area contributed by atoms with Crippen LogP contribution >= 0.6 is 27.3 Å². The van der Waals surface area contributed by atoms with Gasteiger partial charge in [0.2, 0.25) is 16.7 Å². The maximum atomic E-state index is 14.4. The van der Waals surface area contributed by atoms with Crippen LogP contribution in [0.25, 0.3) is 16.5 Å². The highest BCUT2D eigenvalue weighted by atomic mass is 79.9. The maximum Gasteiger partial charge on any atom is 0.230 e. The predicted molar refractivity (Wildman–Crippen MR) is 136 cm³/mol. The Bertz CT molecular complexity index is 1460. The second-order valence-corrected chi connectivity index (χ2v) is 10.3. The van der Waals surface area contributed by atoms with Gasteiger partial charge in [-0.3, -0.25) is 4.90 Å². The van der Waals surface area contributed by atoms with E-state index in [1.165, 1.54) is 21.9 Å². The van der Waals surface area contributed by atoms with E-state index < -0.39 is 0 Å². The van der Waals surface area contributed by atoms with Crippen LogP contribution in [0.5, 0.6) is 5.88 Å². The first kappa shape index (κ1) is 22.3. The number of thiazole rings is 1. The van der Waals surface area contributed by atoms with Crippen LogP contribution in [0.15, 0.2) is 75.8 Å². The molecular weight excluding hydrogens is 533 g/mol. The topological polar surface area (TPSA) is 70.0 Å². The van der Waals surface area contributed by atoms with E-state index in [1.54, 1.807) is 24.5 Å². The second kappa shape index (κ2) is 9.10. The number of fused-ring (bicyclic) bond motifs is 1. The molecule has 0 aliphatic carbocycles. The summed E-state index contributed by atoms with van der Waals surface area (Å²) in [6.07, 6.45) is 1.57. The van der Waals surface area contributed by atoms with E-state index in [9.17, 15) is 9.50 Å². The van der Waals surface area contributed by atoms with Gasteiger partial charge in [-0.05, 0) is 42.0 Å².